The molecule has 1 fully saturated rings. The fraction of sp³-hybridized carbons (Fsp3) is 0.571. The Bertz CT molecular complexity index is 446. The van der Waals surface area contributed by atoms with Crippen molar-refractivity contribution in [3.63, 3.8) is 0 Å². The van der Waals surface area contributed by atoms with E-state index in [1.807, 2.05) is 12.3 Å². The Balaban J connectivity index is 2.10. The molecule has 0 aliphatic heterocycles. The van der Waals surface area contributed by atoms with Crippen LogP contribution >= 0.6 is 11.8 Å². The molecule has 0 aromatic carbocycles. The van der Waals surface area contributed by atoms with Crippen molar-refractivity contribution in [2.24, 2.45) is 5.92 Å². The predicted molar refractivity (Wildman–Crippen MR) is 78.8 cm³/mol. The van der Waals surface area contributed by atoms with Crippen LogP contribution in [0.4, 0.5) is 0 Å². The summed E-state index contributed by atoms with van der Waals surface area (Å²) in [5, 5.41) is 12.5. The highest BCUT2D eigenvalue weighted by atomic mass is 32.2. The van der Waals surface area contributed by atoms with Gasteiger partial charge in [-0.2, -0.15) is 11.8 Å². The van der Waals surface area contributed by atoms with Crippen molar-refractivity contribution < 1.29 is 14.6 Å². The van der Waals surface area contributed by atoms with E-state index >= 15 is 0 Å². The second-order valence-electron chi connectivity index (χ2n) is 5.00. The molecule has 1 aromatic rings. The van der Waals surface area contributed by atoms with Crippen LogP contribution in [0, 0.1) is 5.92 Å². The van der Waals surface area contributed by atoms with E-state index in [0.29, 0.717) is 11.6 Å². The highest BCUT2D eigenvalue weighted by Gasteiger charge is 2.35. The molecule has 0 unspecified atom stereocenters. The number of pyridine rings is 1. The Morgan fingerprint density at radius 3 is 2.85 bits per heavy atom. The van der Waals surface area contributed by atoms with Crippen molar-refractivity contribution in [3.05, 3.63) is 23.9 Å². The number of ether oxygens (including phenoxy) is 1. The molecule has 0 saturated heterocycles. The average molecular weight is 296 g/mol. The number of hydrogen-bond donors (Lipinski definition) is 2. The first-order chi connectivity index (χ1) is 9.63. The van der Waals surface area contributed by atoms with Crippen molar-refractivity contribution in [2.75, 3.05) is 19.1 Å². The number of rotatable bonds is 6. The molecule has 5 nitrogen and oxygen atoms in total. The van der Waals surface area contributed by atoms with Gasteiger partial charge in [0.1, 0.15) is 0 Å². The highest BCUT2D eigenvalue weighted by molar-refractivity contribution is 7.99. The van der Waals surface area contributed by atoms with E-state index in [1.165, 1.54) is 11.8 Å². The smallest absolute Gasteiger partial charge is 0.230 e. The van der Waals surface area contributed by atoms with Crippen LogP contribution in [0.3, 0.4) is 0 Å². The molecule has 2 N–H and O–H groups in total. The van der Waals surface area contributed by atoms with Crippen LogP contribution < -0.4 is 10.1 Å². The molecule has 1 saturated carbocycles. The van der Waals surface area contributed by atoms with Crippen molar-refractivity contribution in [2.45, 2.75) is 25.0 Å². The third kappa shape index (κ3) is 3.64. The van der Waals surface area contributed by atoms with Crippen LogP contribution in [-0.2, 0) is 4.79 Å². The fourth-order valence-corrected chi connectivity index (χ4v) is 2.76. The highest BCUT2D eigenvalue weighted by Crippen LogP contribution is 2.38. The molecule has 0 bridgehead atoms. The summed E-state index contributed by atoms with van der Waals surface area (Å²) in [7, 11) is 1.57. The van der Waals surface area contributed by atoms with Gasteiger partial charge in [0.15, 0.2) is 0 Å². The summed E-state index contributed by atoms with van der Waals surface area (Å²) < 4.78 is 5.04. The molecule has 6 heteroatoms. The summed E-state index contributed by atoms with van der Waals surface area (Å²) in [4.78, 5) is 16.0. The first-order valence-electron chi connectivity index (χ1n) is 6.60. The molecule has 0 radical (unpaired) electrons. The monoisotopic (exact) mass is 296 g/mol. The van der Waals surface area contributed by atoms with Gasteiger partial charge in [0, 0.05) is 12.3 Å². The minimum absolute atomic E-state index is 0.0136. The quantitative estimate of drug-likeness (QED) is 0.830. The second-order valence-corrected chi connectivity index (χ2v) is 5.86. The summed E-state index contributed by atoms with van der Waals surface area (Å²) in [6.45, 7) is 0. The molecule has 1 aliphatic rings. The minimum atomic E-state index is -0.244. The molecular weight excluding hydrogens is 276 g/mol. The molecule has 1 heterocycles. The van der Waals surface area contributed by atoms with E-state index < -0.39 is 0 Å². The zero-order chi connectivity index (χ0) is 14.5. The lowest BCUT2D eigenvalue weighted by Gasteiger charge is -2.38. The van der Waals surface area contributed by atoms with E-state index in [2.05, 4.69) is 10.3 Å². The van der Waals surface area contributed by atoms with Crippen LogP contribution in [0.25, 0.3) is 0 Å². The number of amides is 1. The molecule has 1 amide bonds. The maximum atomic E-state index is 11.8. The first kappa shape index (κ1) is 15.1. The van der Waals surface area contributed by atoms with Gasteiger partial charge < -0.3 is 15.2 Å². The Morgan fingerprint density at radius 2 is 2.35 bits per heavy atom. The lowest BCUT2D eigenvalue weighted by Crippen LogP contribution is -2.42. The normalized spacial score (nSPS) is 22.8. The summed E-state index contributed by atoms with van der Waals surface area (Å²) in [6, 6.07) is 3.62. The first-order valence-corrected chi connectivity index (χ1v) is 7.99. The number of nitrogens with zero attached hydrogens (tertiary/aromatic N) is 1. The third-order valence-electron chi connectivity index (χ3n) is 3.54. The van der Waals surface area contributed by atoms with E-state index in [1.54, 1.807) is 19.4 Å². The molecule has 2 rings (SSSR count). The second kappa shape index (κ2) is 6.95. The minimum Gasteiger partial charge on any atom is -0.481 e. The fourth-order valence-electron chi connectivity index (χ4n) is 2.42. The molecule has 1 aromatic heterocycles. The van der Waals surface area contributed by atoms with E-state index in [4.69, 9.17) is 4.74 Å². The number of aliphatic hydroxyl groups is 1. The Morgan fingerprint density at radius 1 is 1.60 bits per heavy atom. The topological polar surface area (TPSA) is 71.5 Å². The largest absolute Gasteiger partial charge is 0.481 e. The Kier molecular flexibility index (Phi) is 5.25. The van der Waals surface area contributed by atoms with Crippen molar-refractivity contribution in [3.8, 4) is 5.88 Å². The summed E-state index contributed by atoms with van der Waals surface area (Å²) >= 11 is 1.49. The zero-order valence-electron chi connectivity index (χ0n) is 11.7. The van der Waals surface area contributed by atoms with E-state index in [0.717, 1.165) is 18.4 Å². The lowest BCUT2D eigenvalue weighted by molar-refractivity contribution is -0.120. The SMILES string of the molecule is COc1ccc([C@H](NC(=O)CSC)C2CC(O)C2)cn1. The van der Waals surface area contributed by atoms with Gasteiger partial charge in [-0.25, -0.2) is 4.98 Å². The van der Waals surface area contributed by atoms with Crippen LogP contribution in [0.15, 0.2) is 18.3 Å². The van der Waals surface area contributed by atoms with Gasteiger partial charge in [-0.1, -0.05) is 6.07 Å². The van der Waals surface area contributed by atoms with Crippen LogP contribution in [0.2, 0.25) is 0 Å². The summed E-state index contributed by atoms with van der Waals surface area (Å²) in [6.07, 6.45) is 4.82. The van der Waals surface area contributed by atoms with Gasteiger partial charge in [0.05, 0.1) is 25.0 Å². The third-order valence-corrected chi connectivity index (χ3v) is 4.09. The average Bonchev–Trinajstić information content (AvgIpc) is 2.42. The summed E-state index contributed by atoms with van der Waals surface area (Å²) in [5.41, 5.74) is 0.956. The Hall–Kier alpha value is -1.27. The van der Waals surface area contributed by atoms with Crippen molar-refractivity contribution in [1.29, 1.82) is 0 Å². The molecule has 20 heavy (non-hydrogen) atoms. The van der Waals surface area contributed by atoms with Crippen molar-refractivity contribution >= 4 is 17.7 Å². The number of nitrogens with one attached hydrogen (secondary N) is 1. The molecule has 110 valence electrons. The molecule has 1 aliphatic carbocycles. The Labute approximate surface area is 123 Å². The predicted octanol–water partition coefficient (Wildman–Crippen LogP) is 1.38. The number of aromatic nitrogens is 1. The molecular formula is C14H20N2O3S. The number of thioether (sulfide) groups is 1. The standard InChI is InChI=1S/C14H20N2O3S/c1-19-13-4-3-9(7-15-13)14(10-5-11(17)6-10)16-12(18)8-20-2/h3-4,7,10-11,14,17H,5-6,8H2,1-2H3,(H,16,18)/t10?,11?,14-/m0/s1. The van der Waals surface area contributed by atoms with Gasteiger partial charge in [0.2, 0.25) is 11.8 Å². The summed E-state index contributed by atoms with van der Waals surface area (Å²) in [5.74, 6) is 1.28. The zero-order valence-corrected chi connectivity index (χ0v) is 12.5. The van der Waals surface area contributed by atoms with Crippen LogP contribution in [0.1, 0.15) is 24.4 Å². The number of aliphatic hydroxyl groups excluding tert-OH is 1. The lowest BCUT2D eigenvalue weighted by atomic mass is 9.75. The van der Waals surface area contributed by atoms with Crippen LogP contribution in [-0.4, -0.2) is 41.2 Å². The number of carbonyl (C=O) groups excluding carboxylic acids is 1. The van der Waals surface area contributed by atoms with Crippen LogP contribution in [0.5, 0.6) is 5.88 Å². The van der Waals surface area contributed by atoms with E-state index in [-0.39, 0.29) is 24.0 Å². The van der Waals surface area contributed by atoms with Gasteiger partial charge in [-0.15, -0.1) is 0 Å². The van der Waals surface area contributed by atoms with Gasteiger partial charge >= 0.3 is 0 Å². The van der Waals surface area contributed by atoms with E-state index in [9.17, 15) is 9.90 Å². The van der Waals surface area contributed by atoms with Gasteiger partial charge in [-0.05, 0) is 30.6 Å². The number of methoxy groups -OCH3 is 1. The number of hydrogen-bond acceptors (Lipinski definition) is 5. The van der Waals surface area contributed by atoms with Gasteiger partial charge in [0.25, 0.3) is 0 Å². The van der Waals surface area contributed by atoms with Gasteiger partial charge in [-0.3, -0.25) is 4.79 Å². The van der Waals surface area contributed by atoms with Crippen molar-refractivity contribution in [1.82, 2.24) is 10.3 Å². The maximum Gasteiger partial charge on any atom is 0.230 e. The molecule has 1 atom stereocenters. The maximum absolute atomic E-state index is 11.8. The number of carbonyl (C=O) groups is 1. The molecule has 0 spiro atoms.